The van der Waals surface area contributed by atoms with E-state index in [0.717, 1.165) is 21.9 Å². The van der Waals surface area contributed by atoms with Crippen molar-refractivity contribution in [2.24, 2.45) is 0 Å². The number of benzene rings is 2. The van der Waals surface area contributed by atoms with Gasteiger partial charge in [0.25, 0.3) is 5.91 Å². The Morgan fingerprint density at radius 1 is 1.03 bits per heavy atom. The molecule has 31 heavy (non-hydrogen) atoms. The predicted molar refractivity (Wildman–Crippen MR) is 116 cm³/mol. The SMILES string of the molecule is CS(=O)(=O)N1CCN(C(=O)CCC2NC(=O)N(c3cccc4ccccc34)C2=O)CC1. The predicted octanol–water partition coefficient (Wildman–Crippen LogP) is 1.15. The molecule has 0 saturated carbocycles. The van der Waals surface area contributed by atoms with E-state index in [1.807, 2.05) is 30.3 Å². The Kier molecular flexibility index (Phi) is 5.67. The van der Waals surface area contributed by atoms with Gasteiger partial charge in [0, 0.05) is 38.0 Å². The maximum Gasteiger partial charge on any atom is 0.329 e. The second kappa shape index (κ2) is 8.27. The molecule has 2 saturated heterocycles. The van der Waals surface area contributed by atoms with Crippen LogP contribution in [0.3, 0.4) is 0 Å². The molecule has 0 aromatic heterocycles. The van der Waals surface area contributed by atoms with Gasteiger partial charge in [0.05, 0.1) is 11.9 Å². The van der Waals surface area contributed by atoms with Gasteiger partial charge in [-0.3, -0.25) is 9.59 Å². The highest BCUT2D eigenvalue weighted by Crippen LogP contribution is 2.29. The van der Waals surface area contributed by atoms with Crippen molar-refractivity contribution in [1.29, 1.82) is 0 Å². The molecule has 4 rings (SSSR count). The van der Waals surface area contributed by atoms with Crippen molar-refractivity contribution in [3.05, 3.63) is 42.5 Å². The van der Waals surface area contributed by atoms with Crippen molar-refractivity contribution < 1.29 is 22.8 Å². The molecular formula is C21H24N4O5S. The van der Waals surface area contributed by atoms with Crippen molar-refractivity contribution in [2.45, 2.75) is 18.9 Å². The largest absolute Gasteiger partial charge is 0.340 e. The quantitative estimate of drug-likeness (QED) is 0.696. The smallest absolute Gasteiger partial charge is 0.329 e. The van der Waals surface area contributed by atoms with Crippen LogP contribution in [0.4, 0.5) is 10.5 Å². The summed E-state index contributed by atoms with van der Waals surface area (Å²) in [6.45, 7) is 1.16. The number of fused-ring (bicyclic) bond motifs is 1. The monoisotopic (exact) mass is 444 g/mol. The lowest BCUT2D eigenvalue weighted by molar-refractivity contribution is -0.132. The van der Waals surface area contributed by atoms with E-state index in [4.69, 9.17) is 0 Å². The number of urea groups is 1. The molecule has 0 spiro atoms. The summed E-state index contributed by atoms with van der Waals surface area (Å²) in [5.74, 6) is -0.533. The molecule has 2 fully saturated rings. The zero-order chi connectivity index (χ0) is 22.2. The number of imide groups is 1. The van der Waals surface area contributed by atoms with Gasteiger partial charge in [0.15, 0.2) is 0 Å². The molecule has 1 unspecified atom stereocenters. The van der Waals surface area contributed by atoms with Gasteiger partial charge in [-0.05, 0) is 17.9 Å². The Hall–Kier alpha value is -2.98. The average molecular weight is 445 g/mol. The van der Waals surface area contributed by atoms with E-state index < -0.39 is 22.1 Å². The summed E-state index contributed by atoms with van der Waals surface area (Å²) in [4.78, 5) is 40.8. The first-order valence-electron chi connectivity index (χ1n) is 10.1. The number of anilines is 1. The van der Waals surface area contributed by atoms with E-state index in [1.165, 1.54) is 4.31 Å². The molecule has 10 heteroatoms. The van der Waals surface area contributed by atoms with Crippen LogP contribution in [0, 0.1) is 0 Å². The number of carbonyl (C=O) groups is 3. The third-order valence-corrected chi connectivity index (χ3v) is 7.04. The Morgan fingerprint density at radius 3 is 2.42 bits per heavy atom. The van der Waals surface area contributed by atoms with Crippen LogP contribution in [-0.2, 0) is 19.6 Å². The van der Waals surface area contributed by atoms with Crippen LogP contribution < -0.4 is 10.2 Å². The van der Waals surface area contributed by atoms with Crippen LogP contribution in [0.25, 0.3) is 10.8 Å². The topological polar surface area (TPSA) is 107 Å². The van der Waals surface area contributed by atoms with Crippen molar-refractivity contribution >= 4 is 44.3 Å². The van der Waals surface area contributed by atoms with Crippen molar-refractivity contribution in [1.82, 2.24) is 14.5 Å². The van der Waals surface area contributed by atoms with Crippen LogP contribution in [0.1, 0.15) is 12.8 Å². The fraction of sp³-hybridized carbons (Fsp3) is 0.381. The highest BCUT2D eigenvalue weighted by Gasteiger charge is 2.40. The van der Waals surface area contributed by atoms with E-state index in [-0.39, 0.29) is 37.7 Å². The van der Waals surface area contributed by atoms with Crippen molar-refractivity contribution in [3.63, 3.8) is 0 Å². The number of piperazine rings is 1. The van der Waals surface area contributed by atoms with E-state index in [1.54, 1.807) is 17.0 Å². The minimum Gasteiger partial charge on any atom is -0.340 e. The van der Waals surface area contributed by atoms with E-state index >= 15 is 0 Å². The minimum absolute atomic E-state index is 0.0962. The van der Waals surface area contributed by atoms with Gasteiger partial charge >= 0.3 is 6.03 Å². The molecule has 2 aliphatic rings. The van der Waals surface area contributed by atoms with Crippen LogP contribution in [0.2, 0.25) is 0 Å². The second-order valence-electron chi connectivity index (χ2n) is 7.76. The van der Waals surface area contributed by atoms with Crippen LogP contribution in [0.5, 0.6) is 0 Å². The molecular weight excluding hydrogens is 420 g/mol. The summed E-state index contributed by atoms with van der Waals surface area (Å²) in [6.07, 6.45) is 1.44. The van der Waals surface area contributed by atoms with E-state index in [9.17, 15) is 22.8 Å². The van der Waals surface area contributed by atoms with Crippen LogP contribution in [0.15, 0.2) is 42.5 Å². The minimum atomic E-state index is -3.26. The molecule has 0 aliphatic carbocycles. The average Bonchev–Trinajstić information content (AvgIpc) is 3.04. The number of rotatable bonds is 5. The van der Waals surface area contributed by atoms with Crippen molar-refractivity contribution in [2.75, 3.05) is 37.3 Å². The second-order valence-corrected chi connectivity index (χ2v) is 9.74. The maximum atomic E-state index is 12.9. The van der Waals surface area contributed by atoms with E-state index in [0.29, 0.717) is 18.8 Å². The summed E-state index contributed by atoms with van der Waals surface area (Å²) >= 11 is 0. The normalized spacial score (nSPS) is 20.4. The van der Waals surface area contributed by atoms with Gasteiger partial charge < -0.3 is 10.2 Å². The fourth-order valence-corrected chi connectivity index (χ4v) is 4.88. The van der Waals surface area contributed by atoms with Crippen LogP contribution in [-0.4, -0.2) is 73.9 Å². The lowest BCUT2D eigenvalue weighted by atomic mass is 10.1. The molecule has 2 heterocycles. The van der Waals surface area contributed by atoms with Gasteiger partial charge in [-0.25, -0.2) is 18.1 Å². The highest BCUT2D eigenvalue weighted by molar-refractivity contribution is 7.88. The van der Waals surface area contributed by atoms with E-state index in [2.05, 4.69) is 5.32 Å². The number of hydrogen-bond acceptors (Lipinski definition) is 5. The molecule has 164 valence electrons. The van der Waals surface area contributed by atoms with Gasteiger partial charge in [-0.15, -0.1) is 0 Å². The van der Waals surface area contributed by atoms with Gasteiger partial charge in [-0.1, -0.05) is 36.4 Å². The first-order valence-corrected chi connectivity index (χ1v) is 12.0. The first-order chi connectivity index (χ1) is 14.8. The molecule has 4 amide bonds. The molecule has 0 radical (unpaired) electrons. The molecule has 2 aliphatic heterocycles. The number of hydrogen-bond donors (Lipinski definition) is 1. The number of nitrogens with zero attached hydrogens (tertiary/aromatic N) is 3. The van der Waals surface area contributed by atoms with Gasteiger partial charge in [0.1, 0.15) is 6.04 Å². The Labute approximate surface area is 180 Å². The molecule has 2 aromatic rings. The third kappa shape index (κ3) is 4.26. The molecule has 1 N–H and O–H groups in total. The standard InChI is InChI=1S/C21H24N4O5S/c1-31(29,30)24-13-11-23(12-14-24)19(26)10-9-17-20(27)25(21(28)22-17)18-8-4-6-15-5-2-3-7-16(15)18/h2-8,17H,9-14H2,1H3,(H,22,28). The Morgan fingerprint density at radius 2 is 1.71 bits per heavy atom. The first kappa shape index (κ1) is 21.3. The molecule has 2 aromatic carbocycles. The third-order valence-electron chi connectivity index (χ3n) is 5.73. The number of nitrogens with one attached hydrogen (secondary N) is 1. The summed E-state index contributed by atoms with van der Waals surface area (Å²) in [5, 5.41) is 4.40. The van der Waals surface area contributed by atoms with Crippen molar-refractivity contribution in [3.8, 4) is 0 Å². The fourth-order valence-electron chi connectivity index (χ4n) is 4.05. The van der Waals surface area contributed by atoms with Gasteiger partial charge in [-0.2, -0.15) is 4.31 Å². The van der Waals surface area contributed by atoms with Crippen LogP contribution >= 0.6 is 0 Å². The maximum absolute atomic E-state index is 12.9. The lowest BCUT2D eigenvalue weighted by Gasteiger charge is -2.33. The summed E-state index contributed by atoms with van der Waals surface area (Å²) in [7, 11) is -3.26. The zero-order valence-corrected chi connectivity index (χ0v) is 18.0. The molecule has 0 bridgehead atoms. The Balaban J connectivity index is 1.39. The highest BCUT2D eigenvalue weighted by atomic mass is 32.2. The summed E-state index contributed by atoms with van der Waals surface area (Å²) < 4.78 is 24.5. The Bertz CT molecular complexity index is 1140. The number of sulfonamides is 1. The number of amides is 4. The molecule has 9 nitrogen and oxygen atoms in total. The number of carbonyl (C=O) groups excluding carboxylic acids is 3. The summed E-state index contributed by atoms with van der Waals surface area (Å²) in [5.41, 5.74) is 0.520. The zero-order valence-electron chi connectivity index (χ0n) is 17.2. The van der Waals surface area contributed by atoms with Gasteiger partial charge in [0.2, 0.25) is 15.9 Å². The lowest BCUT2D eigenvalue weighted by Crippen LogP contribution is -2.50. The molecule has 1 atom stereocenters. The summed E-state index contributed by atoms with van der Waals surface area (Å²) in [6, 6.07) is 11.7.